The summed E-state index contributed by atoms with van der Waals surface area (Å²) in [5, 5.41) is 12.9. The molecule has 1 saturated heterocycles. The van der Waals surface area contributed by atoms with E-state index in [1.807, 2.05) is 0 Å². The molecule has 4 rings (SSSR count). The van der Waals surface area contributed by atoms with Gasteiger partial charge in [0.25, 0.3) is 11.8 Å². The number of amides is 2. The quantitative estimate of drug-likeness (QED) is 0.763. The Morgan fingerprint density at radius 3 is 2.81 bits per heavy atom. The molecule has 10 heteroatoms. The highest BCUT2D eigenvalue weighted by atomic mass is 19.2. The van der Waals surface area contributed by atoms with Crippen LogP contribution >= 0.6 is 0 Å². The van der Waals surface area contributed by atoms with Crippen molar-refractivity contribution >= 4 is 11.8 Å². The number of pyridine rings is 1. The van der Waals surface area contributed by atoms with Crippen LogP contribution in [0, 0.1) is 11.6 Å². The zero-order chi connectivity index (χ0) is 22.3. The van der Waals surface area contributed by atoms with Crippen LogP contribution in [0.2, 0.25) is 0 Å². The molecule has 2 atom stereocenters. The first-order valence-electron chi connectivity index (χ1n) is 9.93. The maximum absolute atomic E-state index is 13.8. The highest BCUT2D eigenvalue weighted by molar-refractivity contribution is 5.99. The molecule has 2 aliphatic rings. The monoisotopic (exact) mass is 433 g/mol. The molecule has 2 aliphatic heterocycles. The molecular formula is C21H21F2N3O5. The van der Waals surface area contributed by atoms with Crippen molar-refractivity contribution < 1.29 is 28.2 Å². The third kappa shape index (κ3) is 3.46. The van der Waals surface area contributed by atoms with Gasteiger partial charge in [-0.25, -0.2) is 8.78 Å². The number of carbonyl (C=O) groups is 2. The summed E-state index contributed by atoms with van der Waals surface area (Å²) >= 11 is 0. The van der Waals surface area contributed by atoms with Gasteiger partial charge in [-0.05, 0) is 19.4 Å². The van der Waals surface area contributed by atoms with Crippen molar-refractivity contribution in [3.8, 4) is 5.75 Å². The van der Waals surface area contributed by atoms with E-state index >= 15 is 0 Å². The van der Waals surface area contributed by atoms with Crippen LogP contribution in [0.3, 0.4) is 0 Å². The fraction of sp³-hybridized carbons (Fsp3) is 0.381. The first-order valence-corrected chi connectivity index (χ1v) is 9.93. The zero-order valence-corrected chi connectivity index (χ0v) is 16.7. The molecule has 0 unspecified atom stereocenters. The lowest BCUT2D eigenvalue weighted by molar-refractivity contribution is -0.0176. The molecule has 2 amide bonds. The van der Waals surface area contributed by atoms with Crippen LogP contribution in [0.15, 0.2) is 29.2 Å². The summed E-state index contributed by atoms with van der Waals surface area (Å²) in [6, 6.07) is 2.99. The molecule has 164 valence electrons. The Morgan fingerprint density at radius 1 is 1.29 bits per heavy atom. The van der Waals surface area contributed by atoms with Crippen molar-refractivity contribution in [2.24, 2.45) is 0 Å². The number of halogens is 2. The Labute approximate surface area is 176 Å². The van der Waals surface area contributed by atoms with Crippen LogP contribution in [0.5, 0.6) is 5.75 Å². The second-order valence-electron chi connectivity index (χ2n) is 7.46. The Hall–Kier alpha value is -3.27. The van der Waals surface area contributed by atoms with E-state index in [-0.39, 0.29) is 35.4 Å². The van der Waals surface area contributed by atoms with Crippen molar-refractivity contribution in [2.45, 2.75) is 32.0 Å². The molecule has 3 heterocycles. The summed E-state index contributed by atoms with van der Waals surface area (Å²) in [6.45, 7) is 2.55. The Balaban J connectivity index is 1.70. The SMILES string of the molecule is CCN1C(=O)c2c(O)c(=O)c(C(=O)NCc3cccc(F)c3F)cn2[C@H]2CCOC[C@H]21. The predicted octanol–water partition coefficient (Wildman–Crippen LogP) is 1.57. The molecule has 0 saturated carbocycles. The maximum Gasteiger partial charge on any atom is 0.274 e. The number of nitrogens with one attached hydrogen (secondary N) is 1. The van der Waals surface area contributed by atoms with Crippen molar-refractivity contribution in [3.63, 3.8) is 0 Å². The summed E-state index contributed by atoms with van der Waals surface area (Å²) in [7, 11) is 0. The fourth-order valence-electron chi connectivity index (χ4n) is 4.21. The lowest BCUT2D eigenvalue weighted by Gasteiger charge is -2.45. The number of likely N-dealkylation sites (N-methyl/N-ethyl adjacent to an activating group) is 1. The van der Waals surface area contributed by atoms with E-state index in [0.29, 0.717) is 26.2 Å². The van der Waals surface area contributed by atoms with Gasteiger partial charge in [0, 0.05) is 31.5 Å². The van der Waals surface area contributed by atoms with Gasteiger partial charge < -0.3 is 24.6 Å². The molecule has 0 radical (unpaired) electrons. The molecule has 31 heavy (non-hydrogen) atoms. The molecule has 0 aliphatic carbocycles. The molecule has 2 N–H and O–H groups in total. The van der Waals surface area contributed by atoms with Gasteiger partial charge in [-0.2, -0.15) is 0 Å². The molecule has 0 bridgehead atoms. The molecule has 1 aromatic carbocycles. The lowest BCUT2D eigenvalue weighted by Crippen LogP contribution is -2.55. The largest absolute Gasteiger partial charge is 0.503 e. The highest BCUT2D eigenvalue weighted by Gasteiger charge is 2.43. The van der Waals surface area contributed by atoms with Crippen LogP contribution in [-0.2, 0) is 11.3 Å². The van der Waals surface area contributed by atoms with Crippen molar-refractivity contribution in [1.29, 1.82) is 0 Å². The molecule has 0 spiro atoms. The fourth-order valence-corrected chi connectivity index (χ4v) is 4.21. The first-order chi connectivity index (χ1) is 14.8. The number of nitrogens with zero attached hydrogens (tertiary/aromatic N) is 2. The second-order valence-corrected chi connectivity index (χ2v) is 7.46. The zero-order valence-electron chi connectivity index (χ0n) is 16.7. The topological polar surface area (TPSA) is 101 Å². The van der Waals surface area contributed by atoms with Gasteiger partial charge in [0.05, 0.1) is 18.7 Å². The van der Waals surface area contributed by atoms with Gasteiger partial charge in [-0.3, -0.25) is 14.4 Å². The van der Waals surface area contributed by atoms with E-state index in [1.165, 1.54) is 22.9 Å². The van der Waals surface area contributed by atoms with Crippen LogP contribution < -0.4 is 10.7 Å². The van der Waals surface area contributed by atoms with Crippen LogP contribution in [-0.4, -0.2) is 52.2 Å². The van der Waals surface area contributed by atoms with Crippen LogP contribution in [0.1, 0.15) is 45.8 Å². The van der Waals surface area contributed by atoms with Gasteiger partial charge >= 0.3 is 0 Å². The number of hydrogen-bond donors (Lipinski definition) is 2. The third-order valence-corrected chi connectivity index (χ3v) is 5.78. The number of aromatic nitrogens is 1. The first kappa shape index (κ1) is 21.0. The van der Waals surface area contributed by atoms with Crippen LogP contribution in [0.25, 0.3) is 0 Å². The van der Waals surface area contributed by atoms with Crippen LogP contribution in [0.4, 0.5) is 8.78 Å². The minimum absolute atomic E-state index is 0.0890. The van der Waals surface area contributed by atoms with E-state index < -0.39 is 34.6 Å². The summed E-state index contributed by atoms with van der Waals surface area (Å²) in [6.07, 6.45) is 1.78. The standard InChI is InChI=1S/C21H21F2N3O5/c1-2-25-15-10-31-7-6-14(15)26-9-12(18(27)19(28)17(26)21(25)30)20(29)24-8-11-4-3-5-13(22)16(11)23/h3-5,9,14-15,28H,2,6-8,10H2,1H3,(H,24,29)/t14-,15+/m0/s1. The maximum atomic E-state index is 13.8. The van der Waals surface area contributed by atoms with Gasteiger partial charge in [0.2, 0.25) is 5.43 Å². The number of hydrogen-bond acceptors (Lipinski definition) is 5. The van der Waals surface area contributed by atoms with Crippen molar-refractivity contribution in [2.75, 3.05) is 19.8 Å². The van der Waals surface area contributed by atoms with Gasteiger partial charge in [-0.1, -0.05) is 12.1 Å². The number of carbonyl (C=O) groups excluding carboxylic acids is 2. The minimum atomic E-state index is -1.09. The lowest BCUT2D eigenvalue weighted by atomic mass is 9.96. The van der Waals surface area contributed by atoms with E-state index in [4.69, 9.17) is 4.74 Å². The number of benzene rings is 1. The van der Waals surface area contributed by atoms with E-state index in [1.54, 1.807) is 11.8 Å². The average molecular weight is 433 g/mol. The highest BCUT2D eigenvalue weighted by Crippen LogP contribution is 2.35. The number of ether oxygens (including phenoxy) is 1. The number of rotatable bonds is 4. The summed E-state index contributed by atoms with van der Waals surface area (Å²) in [5.41, 5.74) is -1.64. The summed E-state index contributed by atoms with van der Waals surface area (Å²) < 4.78 is 34.2. The third-order valence-electron chi connectivity index (χ3n) is 5.78. The number of aromatic hydroxyl groups is 1. The van der Waals surface area contributed by atoms with Gasteiger partial charge in [0.1, 0.15) is 5.56 Å². The second kappa shape index (κ2) is 8.10. The summed E-state index contributed by atoms with van der Waals surface area (Å²) in [4.78, 5) is 39.8. The predicted molar refractivity (Wildman–Crippen MR) is 105 cm³/mol. The summed E-state index contributed by atoms with van der Waals surface area (Å²) in [5.74, 6) is -4.34. The molecule has 1 aromatic heterocycles. The smallest absolute Gasteiger partial charge is 0.274 e. The minimum Gasteiger partial charge on any atom is -0.503 e. The van der Waals surface area contributed by atoms with E-state index in [0.717, 1.165) is 6.07 Å². The van der Waals surface area contributed by atoms with E-state index in [9.17, 15) is 28.3 Å². The average Bonchev–Trinajstić information content (AvgIpc) is 2.77. The molecule has 1 fully saturated rings. The Bertz CT molecular complexity index is 1120. The normalized spacial score (nSPS) is 20.2. The Morgan fingerprint density at radius 2 is 2.06 bits per heavy atom. The van der Waals surface area contributed by atoms with E-state index in [2.05, 4.69) is 5.32 Å². The van der Waals surface area contributed by atoms with Crippen molar-refractivity contribution in [1.82, 2.24) is 14.8 Å². The van der Waals surface area contributed by atoms with Crippen molar-refractivity contribution in [3.05, 3.63) is 63.1 Å². The Kier molecular flexibility index (Phi) is 5.48. The number of fused-ring (bicyclic) bond motifs is 3. The van der Waals surface area contributed by atoms with Gasteiger partial charge in [0.15, 0.2) is 23.1 Å². The molecule has 2 aromatic rings. The molecular weight excluding hydrogens is 412 g/mol. The molecule has 8 nitrogen and oxygen atoms in total. The van der Waals surface area contributed by atoms with Gasteiger partial charge in [-0.15, -0.1) is 0 Å².